The Labute approximate surface area is 91.8 Å². The predicted octanol–water partition coefficient (Wildman–Crippen LogP) is 1.56. The van der Waals surface area contributed by atoms with Crippen LogP contribution in [0.1, 0.15) is 51.4 Å². The van der Waals surface area contributed by atoms with Gasteiger partial charge in [0.25, 0.3) is 0 Å². The molecule has 2 aliphatic carbocycles. The van der Waals surface area contributed by atoms with E-state index in [0.29, 0.717) is 12.1 Å². The average molecular weight is 210 g/mol. The first-order chi connectivity index (χ1) is 7.25. The van der Waals surface area contributed by atoms with Crippen molar-refractivity contribution in [1.82, 2.24) is 5.32 Å². The number of carbonyl (C=O) groups is 1. The van der Waals surface area contributed by atoms with E-state index in [9.17, 15) is 4.79 Å². The molecular formula is C12H22N2O. The molecule has 0 aliphatic heterocycles. The van der Waals surface area contributed by atoms with Gasteiger partial charge in [-0.15, -0.1) is 0 Å². The Kier molecular flexibility index (Phi) is 3.62. The second kappa shape index (κ2) is 4.97. The third-order valence-corrected chi connectivity index (χ3v) is 3.90. The van der Waals surface area contributed by atoms with Crippen molar-refractivity contribution in [3.8, 4) is 0 Å². The number of hydrogen-bond acceptors (Lipinski definition) is 2. The van der Waals surface area contributed by atoms with Gasteiger partial charge in [0.15, 0.2) is 0 Å². The summed E-state index contributed by atoms with van der Waals surface area (Å²) in [5.74, 6) is 0.0191. The fourth-order valence-electron chi connectivity index (χ4n) is 3.03. The Balaban J connectivity index is 1.79. The number of rotatable bonds is 3. The minimum Gasteiger partial charge on any atom is -0.369 e. The Hall–Kier alpha value is -0.570. The van der Waals surface area contributed by atoms with Gasteiger partial charge in [-0.3, -0.25) is 4.79 Å². The lowest BCUT2D eigenvalue weighted by atomic mass is 9.85. The summed E-state index contributed by atoms with van der Waals surface area (Å²) >= 11 is 0. The van der Waals surface area contributed by atoms with Gasteiger partial charge in [0, 0.05) is 18.0 Å². The van der Waals surface area contributed by atoms with E-state index in [1.807, 2.05) is 0 Å². The van der Waals surface area contributed by atoms with Gasteiger partial charge in [-0.25, -0.2) is 0 Å². The molecule has 0 spiro atoms. The highest BCUT2D eigenvalue weighted by atomic mass is 16.1. The Bertz CT molecular complexity index is 224. The largest absolute Gasteiger partial charge is 0.369 e. The molecule has 15 heavy (non-hydrogen) atoms. The molecule has 3 nitrogen and oxygen atoms in total. The number of nitrogens with two attached hydrogens (primary N) is 1. The summed E-state index contributed by atoms with van der Waals surface area (Å²) in [5.41, 5.74) is 5.37. The monoisotopic (exact) mass is 210 g/mol. The lowest BCUT2D eigenvalue weighted by molar-refractivity contribution is -0.122. The van der Waals surface area contributed by atoms with Crippen LogP contribution in [0, 0.1) is 5.92 Å². The van der Waals surface area contributed by atoms with Crippen LogP contribution in [0.15, 0.2) is 0 Å². The molecule has 3 N–H and O–H groups in total. The van der Waals surface area contributed by atoms with E-state index in [0.717, 1.165) is 19.3 Å². The number of carbonyl (C=O) groups excluding carboxylic acids is 1. The topological polar surface area (TPSA) is 55.1 Å². The molecule has 0 radical (unpaired) electrons. The summed E-state index contributed by atoms with van der Waals surface area (Å²) in [6, 6.07) is 1.25. The van der Waals surface area contributed by atoms with Gasteiger partial charge < -0.3 is 11.1 Å². The zero-order chi connectivity index (χ0) is 10.7. The minimum absolute atomic E-state index is 0.104. The lowest BCUT2D eigenvalue weighted by Crippen LogP contribution is -2.42. The molecule has 86 valence electrons. The van der Waals surface area contributed by atoms with E-state index in [-0.39, 0.29) is 11.8 Å². The summed E-state index contributed by atoms with van der Waals surface area (Å²) in [4.78, 5) is 11.1. The zero-order valence-corrected chi connectivity index (χ0v) is 9.37. The van der Waals surface area contributed by atoms with Crippen LogP contribution in [0.2, 0.25) is 0 Å². The van der Waals surface area contributed by atoms with Crippen LogP contribution in [-0.4, -0.2) is 18.0 Å². The quantitative estimate of drug-likeness (QED) is 0.742. The maximum atomic E-state index is 11.1. The molecule has 2 unspecified atom stereocenters. The van der Waals surface area contributed by atoms with Crippen LogP contribution >= 0.6 is 0 Å². The Morgan fingerprint density at radius 1 is 1.00 bits per heavy atom. The number of primary amides is 1. The third kappa shape index (κ3) is 2.94. The predicted molar refractivity (Wildman–Crippen MR) is 60.3 cm³/mol. The summed E-state index contributed by atoms with van der Waals surface area (Å²) in [5, 5.41) is 3.69. The van der Waals surface area contributed by atoms with E-state index >= 15 is 0 Å². The first-order valence-electron chi connectivity index (χ1n) is 6.31. The number of amides is 1. The fraction of sp³-hybridized carbons (Fsp3) is 0.917. The van der Waals surface area contributed by atoms with Crippen molar-refractivity contribution in [2.45, 2.75) is 63.5 Å². The van der Waals surface area contributed by atoms with E-state index in [4.69, 9.17) is 5.73 Å². The molecular weight excluding hydrogens is 188 g/mol. The molecule has 3 heteroatoms. The van der Waals surface area contributed by atoms with Gasteiger partial charge in [-0.05, 0) is 32.1 Å². The zero-order valence-electron chi connectivity index (χ0n) is 9.37. The Morgan fingerprint density at radius 2 is 1.67 bits per heavy atom. The van der Waals surface area contributed by atoms with Gasteiger partial charge in [0.05, 0.1) is 0 Å². The highest BCUT2D eigenvalue weighted by Gasteiger charge is 2.27. The van der Waals surface area contributed by atoms with Crippen molar-refractivity contribution < 1.29 is 4.79 Å². The fourth-order valence-corrected chi connectivity index (χ4v) is 3.03. The van der Waals surface area contributed by atoms with Crippen molar-refractivity contribution >= 4 is 5.91 Å². The lowest BCUT2D eigenvalue weighted by Gasteiger charge is -2.30. The first kappa shape index (κ1) is 10.9. The van der Waals surface area contributed by atoms with Crippen LogP contribution in [0.25, 0.3) is 0 Å². The van der Waals surface area contributed by atoms with E-state index in [1.165, 1.54) is 32.1 Å². The molecule has 2 rings (SSSR count). The molecule has 2 saturated carbocycles. The van der Waals surface area contributed by atoms with Crippen molar-refractivity contribution in [1.29, 1.82) is 0 Å². The highest BCUT2D eigenvalue weighted by Crippen LogP contribution is 2.26. The second-order valence-electron chi connectivity index (χ2n) is 5.11. The van der Waals surface area contributed by atoms with Crippen molar-refractivity contribution in [2.75, 3.05) is 0 Å². The molecule has 0 heterocycles. The van der Waals surface area contributed by atoms with Crippen LogP contribution in [0.3, 0.4) is 0 Å². The van der Waals surface area contributed by atoms with Crippen molar-refractivity contribution in [2.24, 2.45) is 11.7 Å². The minimum atomic E-state index is -0.104. The van der Waals surface area contributed by atoms with Crippen LogP contribution in [0.5, 0.6) is 0 Å². The van der Waals surface area contributed by atoms with E-state index in [1.54, 1.807) is 0 Å². The normalized spacial score (nSPS) is 33.1. The molecule has 0 saturated heterocycles. The van der Waals surface area contributed by atoms with E-state index in [2.05, 4.69) is 5.32 Å². The average Bonchev–Trinajstić information content (AvgIpc) is 2.71. The molecule has 0 bridgehead atoms. The molecule has 0 aromatic carbocycles. The van der Waals surface area contributed by atoms with Gasteiger partial charge >= 0.3 is 0 Å². The first-order valence-corrected chi connectivity index (χ1v) is 6.31. The standard InChI is InChI=1S/C12H22N2O/c13-12(15)9-4-3-7-11(8-9)14-10-5-1-2-6-10/h9-11,14H,1-8H2,(H2,13,15). The molecule has 2 atom stereocenters. The summed E-state index contributed by atoms with van der Waals surface area (Å²) in [7, 11) is 0. The summed E-state index contributed by atoms with van der Waals surface area (Å²) < 4.78 is 0. The maximum absolute atomic E-state index is 11.1. The molecule has 0 aromatic heterocycles. The Morgan fingerprint density at radius 3 is 2.33 bits per heavy atom. The van der Waals surface area contributed by atoms with Gasteiger partial charge in [-0.2, -0.15) is 0 Å². The second-order valence-corrected chi connectivity index (χ2v) is 5.11. The molecule has 2 aliphatic rings. The van der Waals surface area contributed by atoms with Crippen molar-refractivity contribution in [3.63, 3.8) is 0 Å². The van der Waals surface area contributed by atoms with E-state index < -0.39 is 0 Å². The molecule has 2 fully saturated rings. The molecule has 1 amide bonds. The van der Waals surface area contributed by atoms with Crippen molar-refractivity contribution in [3.05, 3.63) is 0 Å². The molecule has 0 aromatic rings. The summed E-state index contributed by atoms with van der Waals surface area (Å²) in [6.45, 7) is 0. The highest BCUT2D eigenvalue weighted by molar-refractivity contribution is 5.76. The SMILES string of the molecule is NC(=O)C1CCCC(NC2CCCC2)C1. The van der Waals surface area contributed by atoms with Crippen LogP contribution in [0.4, 0.5) is 0 Å². The smallest absolute Gasteiger partial charge is 0.220 e. The maximum Gasteiger partial charge on any atom is 0.220 e. The number of hydrogen-bond donors (Lipinski definition) is 2. The summed E-state index contributed by atoms with van der Waals surface area (Å²) in [6.07, 6.45) is 9.70. The number of nitrogens with one attached hydrogen (secondary N) is 1. The van der Waals surface area contributed by atoms with Gasteiger partial charge in [0.1, 0.15) is 0 Å². The van der Waals surface area contributed by atoms with Gasteiger partial charge in [0.2, 0.25) is 5.91 Å². The van der Waals surface area contributed by atoms with Crippen LogP contribution in [-0.2, 0) is 4.79 Å². The van der Waals surface area contributed by atoms with Crippen LogP contribution < -0.4 is 11.1 Å². The third-order valence-electron chi connectivity index (χ3n) is 3.90. The van der Waals surface area contributed by atoms with Gasteiger partial charge in [-0.1, -0.05) is 19.3 Å².